The summed E-state index contributed by atoms with van der Waals surface area (Å²) in [6, 6.07) is 14.7. The highest BCUT2D eigenvalue weighted by atomic mass is 16.5. The van der Waals surface area contributed by atoms with Crippen LogP contribution in [0.1, 0.15) is 17.7 Å². The van der Waals surface area contributed by atoms with E-state index in [1.165, 1.54) is 16.2 Å². The number of benzene rings is 1. The van der Waals surface area contributed by atoms with Gasteiger partial charge in [-0.15, -0.1) is 6.42 Å². The molecule has 5 heteroatoms. The van der Waals surface area contributed by atoms with Crippen molar-refractivity contribution in [2.24, 2.45) is 0 Å². The van der Waals surface area contributed by atoms with Crippen molar-refractivity contribution in [2.75, 3.05) is 40.0 Å². The van der Waals surface area contributed by atoms with Crippen LogP contribution in [-0.2, 0) is 22.6 Å². The molecular weight excluding hydrogens is 340 g/mol. The molecule has 0 aliphatic carbocycles. The number of nitrogens with zero attached hydrogens (tertiary/aromatic N) is 1. The molecule has 0 aliphatic rings. The van der Waals surface area contributed by atoms with E-state index in [9.17, 15) is 5.11 Å². The molecule has 1 aromatic carbocycles. The lowest BCUT2D eigenvalue weighted by atomic mass is 10.2. The Bertz CT molecular complexity index is 678. The summed E-state index contributed by atoms with van der Waals surface area (Å²) < 4.78 is 12.7. The van der Waals surface area contributed by atoms with Gasteiger partial charge in [0.05, 0.1) is 25.5 Å². The number of rotatable bonds is 13. The third kappa shape index (κ3) is 7.98. The predicted molar refractivity (Wildman–Crippen MR) is 107 cm³/mol. The standard InChI is InChI=1S/C22H30N2O3/c1-3-14-27-19-22(25)18-23(12-8-15-26-2)17-21-11-7-13-24(21)16-20-9-5-4-6-10-20/h1,4-7,9-11,13,22,25H,8,12,14-19H2,2H3/p+1/t22-/m0/s1. The first kappa shape index (κ1) is 21.2. The van der Waals surface area contributed by atoms with Crippen molar-refractivity contribution in [3.8, 4) is 12.3 Å². The number of ether oxygens (including phenoxy) is 2. The molecule has 0 radical (unpaired) electrons. The van der Waals surface area contributed by atoms with E-state index in [1.807, 2.05) is 6.07 Å². The number of quaternary nitrogens is 1. The number of aliphatic hydroxyl groups is 1. The van der Waals surface area contributed by atoms with Crippen LogP contribution < -0.4 is 4.90 Å². The quantitative estimate of drug-likeness (QED) is 0.407. The molecular formula is C22H31N2O3+. The van der Waals surface area contributed by atoms with Gasteiger partial charge in [0.1, 0.15) is 25.8 Å². The van der Waals surface area contributed by atoms with E-state index in [0.717, 1.165) is 32.7 Å². The van der Waals surface area contributed by atoms with Gasteiger partial charge in [0.2, 0.25) is 0 Å². The third-order valence-corrected chi connectivity index (χ3v) is 4.45. The van der Waals surface area contributed by atoms with Crippen LogP contribution in [0.3, 0.4) is 0 Å². The molecule has 0 aliphatic heterocycles. The molecule has 27 heavy (non-hydrogen) atoms. The smallest absolute Gasteiger partial charge is 0.126 e. The lowest BCUT2D eigenvalue weighted by molar-refractivity contribution is -0.917. The highest BCUT2D eigenvalue weighted by Gasteiger charge is 2.17. The first-order valence-electron chi connectivity index (χ1n) is 9.42. The Balaban J connectivity index is 1.97. The van der Waals surface area contributed by atoms with E-state index in [-0.39, 0.29) is 13.2 Å². The van der Waals surface area contributed by atoms with E-state index < -0.39 is 6.10 Å². The molecule has 0 saturated carbocycles. The van der Waals surface area contributed by atoms with Gasteiger partial charge in [0.15, 0.2) is 0 Å². The summed E-state index contributed by atoms with van der Waals surface area (Å²) in [6.07, 6.45) is 7.72. The maximum absolute atomic E-state index is 10.3. The van der Waals surface area contributed by atoms with Crippen LogP contribution in [0.4, 0.5) is 0 Å². The molecule has 0 saturated heterocycles. The molecule has 146 valence electrons. The van der Waals surface area contributed by atoms with Gasteiger partial charge in [-0.1, -0.05) is 36.3 Å². The second-order valence-corrected chi connectivity index (χ2v) is 6.71. The fraction of sp³-hybridized carbons (Fsp3) is 0.455. The Morgan fingerprint density at radius 3 is 2.78 bits per heavy atom. The zero-order chi connectivity index (χ0) is 19.3. The number of methoxy groups -OCH3 is 1. The fourth-order valence-corrected chi connectivity index (χ4v) is 3.18. The number of hydrogen-bond donors (Lipinski definition) is 2. The number of aromatic nitrogens is 1. The molecule has 2 N–H and O–H groups in total. The lowest BCUT2D eigenvalue weighted by Gasteiger charge is -2.23. The van der Waals surface area contributed by atoms with Crippen molar-refractivity contribution >= 4 is 0 Å². The van der Waals surface area contributed by atoms with Crippen molar-refractivity contribution in [1.29, 1.82) is 0 Å². The Morgan fingerprint density at radius 1 is 1.22 bits per heavy atom. The van der Waals surface area contributed by atoms with Gasteiger partial charge in [-0.25, -0.2) is 0 Å². The van der Waals surface area contributed by atoms with Crippen LogP contribution in [0.5, 0.6) is 0 Å². The molecule has 0 bridgehead atoms. The normalized spacial score (nSPS) is 13.2. The number of terminal acetylenes is 1. The highest BCUT2D eigenvalue weighted by Crippen LogP contribution is 2.07. The summed E-state index contributed by atoms with van der Waals surface area (Å²) in [5, 5.41) is 10.3. The monoisotopic (exact) mass is 371 g/mol. The van der Waals surface area contributed by atoms with Crippen LogP contribution in [0.2, 0.25) is 0 Å². The molecule has 0 spiro atoms. The minimum atomic E-state index is -0.534. The highest BCUT2D eigenvalue weighted by molar-refractivity contribution is 5.17. The number of aliphatic hydroxyl groups excluding tert-OH is 1. The van der Waals surface area contributed by atoms with Gasteiger partial charge in [0.25, 0.3) is 0 Å². The maximum Gasteiger partial charge on any atom is 0.126 e. The average Bonchev–Trinajstić information content (AvgIpc) is 3.09. The van der Waals surface area contributed by atoms with Gasteiger partial charge in [-0.3, -0.25) is 0 Å². The summed E-state index contributed by atoms with van der Waals surface area (Å²) >= 11 is 0. The number of nitrogens with one attached hydrogen (secondary N) is 1. The summed E-state index contributed by atoms with van der Waals surface area (Å²) in [4.78, 5) is 1.30. The SMILES string of the molecule is C#CCOC[C@@H](O)C[NH+](CCCOC)Cc1cccn1Cc1ccccc1. The first-order valence-corrected chi connectivity index (χ1v) is 9.42. The molecule has 1 unspecified atom stereocenters. The molecule has 1 heterocycles. The summed E-state index contributed by atoms with van der Waals surface area (Å²) in [5.41, 5.74) is 2.53. The average molecular weight is 372 g/mol. The van der Waals surface area contributed by atoms with Gasteiger partial charge in [-0.05, 0) is 17.7 Å². The molecule has 5 nitrogen and oxygen atoms in total. The predicted octanol–water partition coefficient (Wildman–Crippen LogP) is 0.969. The van der Waals surface area contributed by atoms with Crippen LogP contribution in [0.25, 0.3) is 0 Å². The Morgan fingerprint density at radius 2 is 2.04 bits per heavy atom. The van der Waals surface area contributed by atoms with Crippen molar-refractivity contribution in [3.63, 3.8) is 0 Å². The maximum atomic E-state index is 10.3. The van der Waals surface area contributed by atoms with E-state index in [2.05, 4.69) is 53.1 Å². The molecule has 2 rings (SSSR count). The van der Waals surface area contributed by atoms with Crippen LogP contribution in [0, 0.1) is 12.3 Å². The van der Waals surface area contributed by atoms with Crippen LogP contribution in [0.15, 0.2) is 48.7 Å². The van der Waals surface area contributed by atoms with Gasteiger partial charge in [-0.2, -0.15) is 0 Å². The second-order valence-electron chi connectivity index (χ2n) is 6.71. The molecule has 2 atom stereocenters. The fourth-order valence-electron chi connectivity index (χ4n) is 3.18. The summed E-state index contributed by atoms with van der Waals surface area (Å²) in [6.45, 7) is 4.46. The molecule has 0 fully saturated rings. The summed E-state index contributed by atoms with van der Waals surface area (Å²) in [7, 11) is 1.72. The van der Waals surface area contributed by atoms with E-state index in [0.29, 0.717) is 6.54 Å². The van der Waals surface area contributed by atoms with E-state index in [4.69, 9.17) is 15.9 Å². The molecule has 0 amide bonds. The van der Waals surface area contributed by atoms with Gasteiger partial charge >= 0.3 is 0 Å². The summed E-state index contributed by atoms with van der Waals surface area (Å²) in [5.74, 6) is 2.43. The lowest BCUT2D eigenvalue weighted by Crippen LogP contribution is -3.12. The zero-order valence-corrected chi connectivity index (χ0v) is 16.1. The van der Waals surface area contributed by atoms with Crippen molar-refractivity contribution in [2.45, 2.75) is 25.6 Å². The number of hydrogen-bond acceptors (Lipinski definition) is 3. The van der Waals surface area contributed by atoms with Crippen LogP contribution in [-0.4, -0.2) is 55.8 Å². The minimum absolute atomic E-state index is 0.232. The van der Waals surface area contributed by atoms with Crippen molar-refractivity contribution < 1.29 is 19.5 Å². The van der Waals surface area contributed by atoms with E-state index in [1.54, 1.807) is 7.11 Å². The largest absolute Gasteiger partial charge is 0.385 e. The van der Waals surface area contributed by atoms with Gasteiger partial charge < -0.3 is 24.0 Å². The zero-order valence-electron chi connectivity index (χ0n) is 16.1. The second kappa shape index (κ2) is 12.3. The Labute approximate surface area is 162 Å². The molecule has 1 aromatic heterocycles. The van der Waals surface area contributed by atoms with Crippen molar-refractivity contribution in [1.82, 2.24) is 4.57 Å². The van der Waals surface area contributed by atoms with Crippen LogP contribution >= 0.6 is 0 Å². The Hall–Kier alpha value is -2.10. The Kier molecular flexibility index (Phi) is 9.67. The minimum Gasteiger partial charge on any atom is -0.385 e. The van der Waals surface area contributed by atoms with Crippen molar-refractivity contribution in [3.05, 3.63) is 59.9 Å². The third-order valence-electron chi connectivity index (χ3n) is 4.45. The first-order chi connectivity index (χ1) is 13.2. The van der Waals surface area contributed by atoms with Gasteiger partial charge in [0, 0.05) is 26.3 Å². The topological polar surface area (TPSA) is 48.1 Å². The van der Waals surface area contributed by atoms with E-state index >= 15 is 0 Å². The molecule has 2 aromatic rings.